The number of esters is 1. The van der Waals surface area contributed by atoms with Gasteiger partial charge in [-0.15, -0.1) is 0 Å². The van der Waals surface area contributed by atoms with Crippen molar-refractivity contribution in [3.63, 3.8) is 0 Å². The average Bonchev–Trinajstić information content (AvgIpc) is 2.94. The number of amides is 3. The van der Waals surface area contributed by atoms with Crippen LogP contribution in [0.4, 0.5) is 4.79 Å². The molecule has 8 nitrogen and oxygen atoms in total. The lowest BCUT2D eigenvalue weighted by Crippen LogP contribution is -2.40. The van der Waals surface area contributed by atoms with Crippen molar-refractivity contribution in [2.24, 2.45) is 0 Å². The summed E-state index contributed by atoms with van der Waals surface area (Å²) in [6, 6.07) is 3.05. The highest BCUT2D eigenvalue weighted by molar-refractivity contribution is 6.04. The Morgan fingerprint density at radius 1 is 1.04 bits per heavy atom. The Bertz CT molecular complexity index is 727. The third kappa shape index (κ3) is 3.76. The standard InChI is InChI=1S/C20H26N2O6/c1-26-16-10-13-9-15-19(24)21(8-6-4-5-7-18(23)28-3)20(25)22(15)12-14(13)11-17(16)27-2/h10-11,15H,4-9,12H2,1-3H3/t15-/m1/s1. The van der Waals surface area contributed by atoms with Crippen LogP contribution in [-0.4, -0.2) is 61.6 Å². The van der Waals surface area contributed by atoms with Crippen LogP contribution in [0.3, 0.4) is 0 Å². The van der Waals surface area contributed by atoms with E-state index in [2.05, 4.69) is 4.74 Å². The number of carbonyl (C=O) groups excluding carboxylic acids is 3. The predicted octanol–water partition coefficient (Wildman–Crippen LogP) is 2.13. The quantitative estimate of drug-likeness (QED) is 0.384. The van der Waals surface area contributed by atoms with Gasteiger partial charge in [-0.25, -0.2) is 4.79 Å². The number of imide groups is 1. The average molecular weight is 390 g/mol. The largest absolute Gasteiger partial charge is 0.493 e. The SMILES string of the molecule is COC(=O)CCCCCN1C(=O)[C@H]2Cc3cc(OC)c(OC)cc3CN2C1=O. The third-order valence-electron chi connectivity index (χ3n) is 5.35. The van der Waals surface area contributed by atoms with Gasteiger partial charge in [0.2, 0.25) is 0 Å². The van der Waals surface area contributed by atoms with E-state index in [1.165, 1.54) is 12.0 Å². The number of benzene rings is 1. The molecule has 1 fully saturated rings. The first kappa shape index (κ1) is 20.0. The van der Waals surface area contributed by atoms with Crippen molar-refractivity contribution in [1.29, 1.82) is 0 Å². The lowest BCUT2D eigenvalue weighted by molar-refractivity contribution is -0.140. The fraction of sp³-hybridized carbons (Fsp3) is 0.550. The van der Waals surface area contributed by atoms with Crippen LogP contribution >= 0.6 is 0 Å². The van der Waals surface area contributed by atoms with Gasteiger partial charge in [-0.3, -0.25) is 14.5 Å². The van der Waals surface area contributed by atoms with Gasteiger partial charge in [0.1, 0.15) is 6.04 Å². The second kappa shape index (κ2) is 8.50. The number of methoxy groups -OCH3 is 3. The molecule has 0 bridgehead atoms. The molecule has 0 aliphatic carbocycles. The fourth-order valence-corrected chi connectivity index (χ4v) is 3.79. The molecule has 1 saturated heterocycles. The first-order valence-electron chi connectivity index (χ1n) is 9.42. The first-order valence-corrected chi connectivity index (χ1v) is 9.42. The second-order valence-corrected chi connectivity index (χ2v) is 6.98. The van der Waals surface area contributed by atoms with Gasteiger partial charge in [-0.05, 0) is 36.1 Å². The molecule has 0 spiro atoms. The van der Waals surface area contributed by atoms with Crippen LogP contribution in [0.1, 0.15) is 36.8 Å². The van der Waals surface area contributed by atoms with Gasteiger partial charge in [0.05, 0.1) is 21.3 Å². The summed E-state index contributed by atoms with van der Waals surface area (Å²) in [5.41, 5.74) is 1.97. The lowest BCUT2D eigenvalue weighted by atomic mass is 9.94. The number of urea groups is 1. The summed E-state index contributed by atoms with van der Waals surface area (Å²) in [4.78, 5) is 39.7. The van der Waals surface area contributed by atoms with Gasteiger partial charge >= 0.3 is 12.0 Å². The maximum atomic E-state index is 12.8. The summed E-state index contributed by atoms with van der Waals surface area (Å²) < 4.78 is 15.3. The van der Waals surface area contributed by atoms with Gasteiger partial charge in [0.15, 0.2) is 11.5 Å². The molecule has 0 N–H and O–H groups in total. The van der Waals surface area contributed by atoms with E-state index in [0.717, 1.165) is 17.5 Å². The summed E-state index contributed by atoms with van der Waals surface area (Å²) in [6.45, 7) is 0.749. The molecule has 0 radical (unpaired) electrons. The van der Waals surface area contributed by atoms with Crippen LogP contribution in [0.15, 0.2) is 12.1 Å². The van der Waals surface area contributed by atoms with Gasteiger partial charge in [-0.1, -0.05) is 6.42 Å². The lowest BCUT2D eigenvalue weighted by Gasteiger charge is -2.29. The van der Waals surface area contributed by atoms with Crippen LogP contribution in [0.25, 0.3) is 0 Å². The molecule has 8 heteroatoms. The Hall–Kier alpha value is -2.77. The van der Waals surface area contributed by atoms with Crippen LogP contribution in [0.5, 0.6) is 11.5 Å². The van der Waals surface area contributed by atoms with Crippen molar-refractivity contribution in [2.75, 3.05) is 27.9 Å². The van der Waals surface area contributed by atoms with Gasteiger partial charge in [0.25, 0.3) is 5.91 Å². The minimum absolute atomic E-state index is 0.154. The highest BCUT2D eigenvalue weighted by Crippen LogP contribution is 2.37. The van der Waals surface area contributed by atoms with Crippen molar-refractivity contribution in [2.45, 2.75) is 44.7 Å². The zero-order chi connectivity index (χ0) is 20.3. The maximum absolute atomic E-state index is 12.8. The van der Waals surface area contributed by atoms with Gasteiger partial charge < -0.3 is 19.1 Å². The predicted molar refractivity (Wildman–Crippen MR) is 100 cm³/mol. The second-order valence-electron chi connectivity index (χ2n) is 6.98. The number of hydrogen-bond donors (Lipinski definition) is 0. The summed E-state index contributed by atoms with van der Waals surface area (Å²) in [6.07, 6.45) is 2.93. The minimum atomic E-state index is -0.465. The highest BCUT2D eigenvalue weighted by atomic mass is 16.5. The summed E-state index contributed by atoms with van der Waals surface area (Å²) in [5.74, 6) is 0.835. The Morgan fingerprint density at radius 3 is 2.36 bits per heavy atom. The zero-order valence-corrected chi connectivity index (χ0v) is 16.5. The Balaban J connectivity index is 1.64. The van der Waals surface area contributed by atoms with E-state index >= 15 is 0 Å². The normalized spacial score (nSPS) is 18.0. The maximum Gasteiger partial charge on any atom is 0.327 e. The molecule has 152 valence electrons. The topological polar surface area (TPSA) is 85.4 Å². The monoisotopic (exact) mass is 390 g/mol. The van der Waals surface area contributed by atoms with Crippen LogP contribution < -0.4 is 9.47 Å². The molecule has 2 heterocycles. The Kier molecular flexibility index (Phi) is 6.06. The van der Waals surface area contributed by atoms with Gasteiger partial charge in [-0.2, -0.15) is 0 Å². The Morgan fingerprint density at radius 2 is 1.71 bits per heavy atom. The molecule has 3 rings (SSSR count). The molecule has 0 saturated carbocycles. The molecule has 1 aromatic rings. The van der Waals surface area contributed by atoms with E-state index in [-0.39, 0.29) is 17.9 Å². The summed E-state index contributed by atoms with van der Waals surface area (Å²) >= 11 is 0. The fourth-order valence-electron chi connectivity index (χ4n) is 3.79. The van der Waals surface area contributed by atoms with Crippen LogP contribution in [0.2, 0.25) is 0 Å². The molecule has 28 heavy (non-hydrogen) atoms. The van der Waals surface area contributed by atoms with Crippen LogP contribution in [-0.2, 0) is 27.3 Å². The van der Waals surface area contributed by atoms with E-state index in [1.54, 1.807) is 19.1 Å². The minimum Gasteiger partial charge on any atom is -0.493 e. The number of rotatable bonds is 8. The number of carbonyl (C=O) groups is 3. The molecule has 3 amide bonds. The van der Waals surface area contributed by atoms with E-state index in [9.17, 15) is 14.4 Å². The third-order valence-corrected chi connectivity index (χ3v) is 5.35. The summed E-state index contributed by atoms with van der Waals surface area (Å²) in [7, 11) is 4.51. The number of unbranched alkanes of at least 4 members (excludes halogenated alkanes) is 2. The molecular weight excluding hydrogens is 364 g/mol. The molecule has 0 unspecified atom stereocenters. The van der Waals surface area contributed by atoms with Crippen LogP contribution in [0, 0.1) is 0 Å². The number of fused-ring (bicyclic) bond motifs is 2. The first-order chi connectivity index (χ1) is 13.5. The van der Waals surface area contributed by atoms with E-state index in [0.29, 0.717) is 50.3 Å². The number of ether oxygens (including phenoxy) is 3. The van der Waals surface area contributed by atoms with Crippen molar-refractivity contribution in [1.82, 2.24) is 9.80 Å². The van der Waals surface area contributed by atoms with E-state index < -0.39 is 6.04 Å². The smallest absolute Gasteiger partial charge is 0.327 e. The molecule has 0 aromatic heterocycles. The van der Waals surface area contributed by atoms with Crippen molar-refractivity contribution < 1.29 is 28.6 Å². The van der Waals surface area contributed by atoms with Crippen molar-refractivity contribution in [3.05, 3.63) is 23.3 Å². The van der Waals surface area contributed by atoms with E-state index in [4.69, 9.17) is 9.47 Å². The van der Waals surface area contributed by atoms with Crippen molar-refractivity contribution >= 4 is 17.9 Å². The molecular formula is C20H26N2O6. The number of nitrogens with zero attached hydrogens (tertiary/aromatic N) is 2. The molecule has 2 aliphatic heterocycles. The van der Waals surface area contributed by atoms with E-state index in [1.807, 2.05) is 12.1 Å². The summed E-state index contributed by atoms with van der Waals surface area (Å²) in [5, 5.41) is 0. The zero-order valence-electron chi connectivity index (χ0n) is 16.5. The molecule has 1 aromatic carbocycles. The number of hydrogen-bond acceptors (Lipinski definition) is 6. The van der Waals surface area contributed by atoms with Gasteiger partial charge in [0, 0.05) is 25.9 Å². The Labute approximate surface area is 164 Å². The molecule has 1 atom stereocenters. The highest BCUT2D eigenvalue weighted by Gasteiger charge is 2.47. The molecule has 2 aliphatic rings. The van der Waals surface area contributed by atoms with Crippen molar-refractivity contribution in [3.8, 4) is 11.5 Å².